The number of furan rings is 1. The minimum atomic E-state index is -0.340. The fourth-order valence-corrected chi connectivity index (χ4v) is 1.90. The molecular weight excluding hydrogens is 266 g/mol. The van der Waals surface area contributed by atoms with E-state index in [1.807, 2.05) is 19.1 Å². The molecule has 1 aromatic heterocycles. The first kappa shape index (κ1) is 13.5. The Balaban J connectivity index is 2.07. The van der Waals surface area contributed by atoms with Gasteiger partial charge in [0.15, 0.2) is 5.22 Å². The number of ether oxygens (including phenoxy) is 1. The third kappa shape index (κ3) is 3.29. The second-order valence-corrected chi connectivity index (χ2v) is 4.45. The minimum Gasteiger partial charge on any atom is -0.465 e. The maximum Gasteiger partial charge on any atom is 0.337 e. The molecule has 5 heteroatoms. The maximum absolute atomic E-state index is 11.4. The molecule has 1 heterocycles. The predicted molar refractivity (Wildman–Crippen MR) is 73.6 cm³/mol. The van der Waals surface area contributed by atoms with Crippen LogP contribution in [0.3, 0.4) is 0 Å². The van der Waals surface area contributed by atoms with E-state index in [0.29, 0.717) is 17.3 Å². The highest BCUT2D eigenvalue weighted by atomic mass is 35.5. The van der Waals surface area contributed by atoms with Crippen molar-refractivity contribution >= 4 is 23.3 Å². The summed E-state index contributed by atoms with van der Waals surface area (Å²) in [6, 6.07) is 8.85. The van der Waals surface area contributed by atoms with E-state index in [0.717, 1.165) is 17.0 Å². The summed E-state index contributed by atoms with van der Waals surface area (Å²) >= 11 is 5.70. The van der Waals surface area contributed by atoms with Crippen LogP contribution < -0.4 is 5.32 Å². The standard InChI is InChI=1S/C14H14ClNO3/c1-9-7-10(14(17)18-2)3-5-12(9)16-8-11-4-6-13(15)19-11/h3-7,16H,8H2,1-2H3. The van der Waals surface area contributed by atoms with Gasteiger partial charge in [-0.25, -0.2) is 4.79 Å². The van der Waals surface area contributed by atoms with Crippen LogP contribution >= 0.6 is 11.6 Å². The molecule has 0 bridgehead atoms. The van der Waals surface area contributed by atoms with Crippen LogP contribution in [0.15, 0.2) is 34.7 Å². The van der Waals surface area contributed by atoms with Crippen molar-refractivity contribution in [2.75, 3.05) is 12.4 Å². The molecule has 0 atom stereocenters. The van der Waals surface area contributed by atoms with Gasteiger partial charge >= 0.3 is 5.97 Å². The average molecular weight is 280 g/mol. The fourth-order valence-electron chi connectivity index (χ4n) is 1.74. The largest absolute Gasteiger partial charge is 0.465 e. The normalized spacial score (nSPS) is 10.3. The predicted octanol–water partition coefficient (Wildman–Crippen LogP) is 3.64. The van der Waals surface area contributed by atoms with Crippen LogP contribution in [-0.2, 0) is 11.3 Å². The summed E-state index contributed by atoms with van der Waals surface area (Å²) < 4.78 is 9.93. The van der Waals surface area contributed by atoms with Crippen molar-refractivity contribution in [3.63, 3.8) is 0 Å². The van der Waals surface area contributed by atoms with Gasteiger partial charge in [-0.2, -0.15) is 0 Å². The molecule has 0 aliphatic heterocycles. The summed E-state index contributed by atoms with van der Waals surface area (Å²) in [4.78, 5) is 11.4. The second kappa shape index (κ2) is 5.80. The van der Waals surface area contributed by atoms with Gasteiger partial charge in [-0.05, 0) is 54.4 Å². The molecule has 0 spiro atoms. The van der Waals surface area contributed by atoms with E-state index in [4.69, 9.17) is 16.0 Å². The van der Waals surface area contributed by atoms with Gasteiger partial charge in [0.2, 0.25) is 0 Å². The van der Waals surface area contributed by atoms with Crippen LogP contribution in [0, 0.1) is 6.92 Å². The van der Waals surface area contributed by atoms with Crippen LogP contribution in [-0.4, -0.2) is 13.1 Å². The average Bonchev–Trinajstić information content (AvgIpc) is 2.82. The highest BCUT2D eigenvalue weighted by Crippen LogP contribution is 2.19. The van der Waals surface area contributed by atoms with Crippen molar-refractivity contribution in [2.45, 2.75) is 13.5 Å². The lowest BCUT2D eigenvalue weighted by Gasteiger charge is -2.09. The Kier molecular flexibility index (Phi) is 4.12. The van der Waals surface area contributed by atoms with E-state index >= 15 is 0 Å². The minimum absolute atomic E-state index is 0.340. The summed E-state index contributed by atoms with van der Waals surface area (Å²) in [7, 11) is 1.37. The lowest BCUT2D eigenvalue weighted by atomic mass is 10.1. The number of hydrogen-bond acceptors (Lipinski definition) is 4. The molecule has 2 rings (SSSR count). The Morgan fingerprint density at radius 1 is 1.37 bits per heavy atom. The molecule has 4 nitrogen and oxygen atoms in total. The van der Waals surface area contributed by atoms with Gasteiger partial charge in [0, 0.05) is 5.69 Å². The summed E-state index contributed by atoms with van der Waals surface area (Å²) in [6.45, 7) is 2.45. The first-order chi connectivity index (χ1) is 9.10. The topological polar surface area (TPSA) is 51.5 Å². The fraction of sp³-hybridized carbons (Fsp3) is 0.214. The van der Waals surface area contributed by atoms with Gasteiger partial charge < -0.3 is 14.5 Å². The molecule has 0 fully saturated rings. The Morgan fingerprint density at radius 3 is 2.74 bits per heavy atom. The van der Waals surface area contributed by atoms with Gasteiger partial charge in [0.1, 0.15) is 5.76 Å². The summed E-state index contributed by atoms with van der Waals surface area (Å²) in [6.07, 6.45) is 0. The molecule has 1 N–H and O–H groups in total. The second-order valence-electron chi connectivity index (χ2n) is 4.08. The Hall–Kier alpha value is -1.94. The number of hydrogen-bond donors (Lipinski definition) is 1. The Morgan fingerprint density at radius 2 is 2.16 bits per heavy atom. The van der Waals surface area contributed by atoms with E-state index in [9.17, 15) is 4.79 Å². The first-order valence-electron chi connectivity index (χ1n) is 5.77. The van der Waals surface area contributed by atoms with Crippen molar-refractivity contribution in [3.8, 4) is 0 Å². The van der Waals surface area contributed by atoms with Gasteiger partial charge in [-0.15, -0.1) is 0 Å². The van der Waals surface area contributed by atoms with Crippen LogP contribution in [0.1, 0.15) is 21.7 Å². The number of carbonyl (C=O) groups is 1. The number of anilines is 1. The van der Waals surface area contributed by atoms with Gasteiger partial charge in [-0.3, -0.25) is 0 Å². The van der Waals surface area contributed by atoms with Crippen molar-refractivity contribution in [3.05, 3.63) is 52.4 Å². The quantitative estimate of drug-likeness (QED) is 0.868. The Bertz CT molecular complexity index is 592. The smallest absolute Gasteiger partial charge is 0.337 e. The van der Waals surface area contributed by atoms with Gasteiger partial charge in [-0.1, -0.05) is 0 Å². The molecule has 0 aliphatic carbocycles. The molecule has 0 unspecified atom stereocenters. The third-order valence-corrected chi connectivity index (χ3v) is 2.93. The molecule has 0 aliphatic rings. The first-order valence-corrected chi connectivity index (χ1v) is 6.15. The number of benzene rings is 1. The van der Waals surface area contributed by atoms with Crippen molar-refractivity contribution < 1.29 is 13.9 Å². The molecule has 0 saturated carbocycles. The SMILES string of the molecule is COC(=O)c1ccc(NCc2ccc(Cl)o2)c(C)c1. The van der Waals surface area contributed by atoms with Gasteiger partial charge in [0.25, 0.3) is 0 Å². The molecule has 0 radical (unpaired) electrons. The van der Waals surface area contributed by atoms with E-state index in [1.54, 1.807) is 18.2 Å². The third-order valence-electron chi connectivity index (χ3n) is 2.73. The number of aryl methyl sites for hydroxylation is 1. The number of rotatable bonds is 4. The summed E-state index contributed by atoms with van der Waals surface area (Å²) in [5.74, 6) is 0.411. The highest BCUT2D eigenvalue weighted by molar-refractivity contribution is 6.28. The van der Waals surface area contributed by atoms with Crippen molar-refractivity contribution in [1.82, 2.24) is 0 Å². The molecule has 19 heavy (non-hydrogen) atoms. The van der Waals surface area contributed by atoms with E-state index in [-0.39, 0.29) is 5.97 Å². The van der Waals surface area contributed by atoms with Crippen molar-refractivity contribution in [1.29, 1.82) is 0 Å². The van der Waals surface area contributed by atoms with Crippen LogP contribution in [0.2, 0.25) is 5.22 Å². The van der Waals surface area contributed by atoms with Crippen LogP contribution in [0.4, 0.5) is 5.69 Å². The number of nitrogens with one attached hydrogen (secondary N) is 1. The molecule has 2 aromatic rings. The van der Waals surface area contributed by atoms with Crippen molar-refractivity contribution in [2.24, 2.45) is 0 Å². The summed E-state index contributed by atoms with van der Waals surface area (Å²) in [5.41, 5.74) is 2.42. The zero-order valence-corrected chi connectivity index (χ0v) is 11.5. The molecule has 1 aromatic carbocycles. The lowest BCUT2D eigenvalue weighted by Crippen LogP contribution is -2.04. The van der Waals surface area contributed by atoms with Gasteiger partial charge in [0.05, 0.1) is 19.2 Å². The lowest BCUT2D eigenvalue weighted by molar-refractivity contribution is 0.0600. The maximum atomic E-state index is 11.4. The van der Waals surface area contributed by atoms with Crippen LogP contribution in [0.5, 0.6) is 0 Å². The molecule has 0 saturated heterocycles. The Labute approximate surface area is 116 Å². The number of methoxy groups -OCH3 is 1. The number of esters is 1. The number of carbonyl (C=O) groups excluding carboxylic acids is 1. The molecule has 100 valence electrons. The van der Waals surface area contributed by atoms with Crippen LogP contribution in [0.25, 0.3) is 0 Å². The van der Waals surface area contributed by atoms with E-state index < -0.39 is 0 Å². The molecular formula is C14H14ClNO3. The zero-order chi connectivity index (χ0) is 13.8. The molecule has 0 amide bonds. The van der Waals surface area contributed by atoms with E-state index in [1.165, 1.54) is 7.11 Å². The summed E-state index contributed by atoms with van der Waals surface area (Å²) in [5, 5.41) is 3.59. The highest BCUT2D eigenvalue weighted by Gasteiger charge is 2.08. The monoisotopic (exact) mass is 279 g/mol. The number of halogens is 1. The van der Waals surface area contributed by atoms with E-state index in [2.05, 4.69) is 10.1 Å². The zero-order valence-electron chi connectivity index (χ0n) is 10.7.